The number of carbonyl (C=O) groups excluding carboxylic acids is 2. The normalized spacial score (nSPS) is 10.5. The van der Waals surface area contributed by atoms with Gasteiger partial charge < -0.3 is 14.8 Å². The zero-order valence-electron chi connectivity index (χ0n) is 18.0. The van der Waals surface area contributed by atoms with Crippen molar-refractivity contribution >= 4 is 35.0 Å². The monoisotopic (exact) mass is 470 g/mol. The van der Waals surface area contributed by atoms with Crippen molar-refractivity contribution in [2.75, 3.05) is 24.8 Å². The molecule has 0 aliphatic rings. The molecular formula is C22H22N4O6S. The summed E-state index contributed by atoms with van der Waals surface area (Å²) in [6.07, 6.45) is 1.65. The summed E-state index contributed by atoms with van der Waals surface area (Å²) in [5, 5.41) is 18.1. The summed E-state index contributed by atoms with van der Waals surface area (Å²) in [4.78, 5) is 34.6. The number of carbonyl (C=O) groups is 2. The number of rotatable bonds is 10. The molecule has 0 saturated carbocycles. The molecule has 11 heteroatoms. The smallest absolute Gasteiger partial charge is 0.358 e. The van der Waals surface area contributed by atoms with Crippen molar-refractivity contribution in [2.24, 2.45) is 0 Å². The van der Waals surface area contributed by atoms with Gasteiger partial charge in [-0.15, -0.1) is 11.8 Å². The molecule has 1 aromatic heterocycles. The Kier molecular flexibility index (Phi) is 8.03. The van der Waals surface area contributed by atoms with Crippen LogP contribution in [0.4, 0.5) is 11.4 Å². The Bertz CT molecular complexity index is 1150. The average molecular weight is 471 g/mol. The Balaban J connectivity index is 1.52. The van der Waals surface area contributed by atoms with E-state index in [0.29, 0.717) is 11.4 Å². The third-order valence-corrected chi connectivity index (χ3v) is 5.43. The van der Waals surface area contributed by atoms with Gasteiger partial charge in [0.2, 0.25) is 5.91 Å². The summed E-state index contributed by atoms with van der Waals surface area (Å²) >= 11 is 1.34. The number of hydrogen-bond donors (Lipinski definition) is 1. The molecule has 172 valence electrons. The van der Waals surface area contributed by atoms with E-state index in [1.165, 1.54) is 24.9 Å². The van der Waals surface area contributed by atoms with Gasteiger partial charge in [0.25, 0.3) is 0 Å². The molecule has 3 aromatic rings. The fraction of sp³-hybridized carbons (Fsp3) is 0.227. The van der Waals surface area contributed by atoms with E-state index < -0.39 is 10.9 Å². The van der Waals surface area contributed by atoms with Crippen molar-refractivity contribution in [1.82, 2.24) is 9.78 Å². The molecule has 33 heavy (non-hydrogen) atoms. The Labute approximate surface area is 194 Å². The Morgan fingerprint density at radius 1 is 1.18 bits per heavy atom. The molecule has 0 unspecified atom stereocenters. The van der Waals surface area contributed by atoms with Crippen LogP contribution in [0.3, 0.4) is 0 Å². The highest BCUT2D eigenvalue weighted by molar-refractivity contribution is 7.99. The number of methoxy groups -OCH3 is 1. The van der Waals surface area contributed by atoms with Crippen molar-refractivity contribution in [3.63, 3.8) is 0 Å². The van der Waals surface area contributed by atoms with Crippen LogP contribution in [0.1, 0.15) is 23.0 Å². The Morgan fingerprint density at radius 3 is 2.61 bits per heavy atom. The highest BCUT2D eigenvalue weighted by atomic mass is 32.2. The number of nitrogens with one attached hydrogen (secondary N) is 1. The van der Waals surface area contributed by atoms with Crippen LogP contribution >= 0.6 is 11.8 Å². The molecule has 0 saturated heterocycles. The topological polar surface area (TPSA) is 126 Å². The quantitative estimate of drug-likeness (QED) is 0.269. The largest absolute Gasteiger partial charge is 0.490 e. The summed E-state index contributed by atoms with van der Waals surface area (Å²) in [6, 6.07) is 13.3. The minimum absolute atomic E-state index is 0.105. The van der Waals surface area contributed by atoms with Crippen molar-refractivity contribution in [1.29, 1.82) is 0 Å². The lowest BCUT2D eigenvalue weighted by Crippen LogP contribution is -2.14. The number of amides is 1. The number of ether oxygens (including phenoxy) is 2. The number of hydrogen-bond acceptors (Lipinski definition) is 8. The maximum Gasteiger partial charge on any atom is 0.358 e. The van der Waals surface area contributed by atoms with E-state index in [-0.39, 0.29) is 35.4 Å². The second-order valence-electron chi connectivity index (χ2n) is 6.72. The molecule has 1 heterocycles. The van der Waals surface area contributed by atoms with Crippen molar-refractivity contribution in [2.45, 2.75) is 12.7 Å². The second kappa shape index (κ2) is 11.1. The lowest BCUT2D eigenvalue weighted by atomic mass is 10.2. The van der Waals surface area contributed by atoms with Gasteiger partial charge in [-0.3, -0.25) is 14.9 Å². The maximum absolute atomic E-state index is 12.2. The first-order valence-corrected chi connectivity index (χ1v) is 11.1. The Morgan fingerprint density at radius 2 is 1.94 bits per heavy atom. The number of thioether (sulfide) groups is 1. The predicted molar refractivity (Wildman–Crippen MR) is 124 cm³/mol. The molecule has 0 atom stereocenters. The van der Waals surface area contributed by atoms with Crippen LogP contribution in [0, 0.1) is 10.1 Å². The lowest BCUT2D eigenvalue weighted by molar-refractivity contribution is -0.385. The number of nitrogens with zero attached hydrogens (tertiary/aromatic N) is 3. The van der Waals surface area contributed by atoms with Gasteiger partial charge in [-0.2, -0.15) is 5.10 Å². The number of nitro groups is 1. The minimum atomic E-state index is -0.496. The van der Waals surface area contributed by atoms with Crippen molar-refractivity contribution < 1.29 is 24.0 Å². The first-order valence-electron chi connectivity index (χ1n) is 9.93. The molecular weight excluding hydrogens is 448 g/mol. The number of anilines is 1. The van der Waals surface area contributed by atoms with Crippen LogP contribution in [-0.4, -0.2) is 46.0 Å². The van der Waals surface area contributed by atoms with Gasteiger partial charge in [0.1, 0.15) is 0 Å². The van der Waals surface area contributed by atoms with Crippen molar-refractivity contribution in [3.8, 4) is 11.4 Å². The van der Waals surface area contributed by atoms with E-state index in [2.05, 4.69) is 10.4 Å². The standard InChI is InChI=1S/C22H22N4O6S/c1-3-32-22(28)18-10-11-25(24-18)17-7-5-16(6-8-17)23-21(27)14-33-13-15-4-9-20(31-2)19(12-15)26(29)30/h4-12H,3,13-14H2,1-2H3,(H,23,27). The van der Waals surface area contributed by atoms with E-state index in [4.69, 9.17) is 9.47 Å². The van der Waals surface area contributed by atoms with Crippen LogP contribution in [0.25, 0.3) is 5.69 Å². The van der Waals surface area contributed by atoms with E-state index in [0.717, 1.165) is 11.3 Å². The summed E-state index contributed by atoms with van der Waals surface area (Å²) in [5.41, 5.74) is 2.17. The number of aromatic nitrogens is 2. The fourth-order valence-electron chi connectivity index (χ4n) is 2.91. The zero-order valence-corrected chi connectivity index (χ0v) is 18.8. The number of esters is 1. The molecule has 3 rings (SSSR count). The van der Waals surface area contributed by atoms with E-state index in [1.54, 1.807) is 60.3 Å². The molecule has 0 aliphatic heterocycles. The molecule has 10 nitrogen and oxygen atoms in total. The Hall–Kier alpha value is -3.86. The van der Waals surface area contributed by atoms with Gasteiger partial charge in [0.15, 0.2) is 11.4 Å². The third-order valence-electron chi connectivity index (χ3n) is 4.43. The second-order valence-corrected chi connectivity index (χ2v) is 7.70. The summed E-state index contributed by atoms with van der Waals surface area (Å²) in [7, 11) is 1.38. The molecule has 1 N–H and O–H groups in total. The summed E-state index contributed by atoms with van der Waals surface area (Å²) < 4.78 is 11.5. The summed E-state index contributed by atoms with van der Waals surface area (Å²) in [6.45, 7) is 2.00. The number of benzene rings is 2. The van der Waals surface area contributed by atoms with Gasteiger partial charge in [-0.05, 0) is 48.9 Å². The van der Waals surface area contributed by atoms with Crippen LogP contribution < -0.4 is 10.1 Å². The summed E-state index contributed by atoms with van der Waals surface area (Å²) in [5.74, 6) is 0.145. The van der Waals surface area contributed by atoms with Crippen LogP contribution in [0.15, 0.2) is 54.7 Å². The molecule has 0 radical (unpaired) electrons. The van der Waals surface area contributed by atoms with Gasteiger partial charge >= 0.3 is 11.7 Å². The third kappa shape index (κ3) is 6.32. The SMILES string of the molecule is CCOC(=O)c1ccn(-c2ccc(NC(=O)CSCc3ccc(OC)c([N+](=O)[O-])c3)cc2)n1. The molecule has 2 aromatic carbocycles. The van der Waals surface area contributed by atoms with Gasteiger partial charge in [0, 0.05) is 23.7 Å². The van der Waals surface area contributed by atoms with E-state index in [9.17, 15) is 19.7 Å². The number of nitro benzene ring substituents is 1. The maximum atomic E-state index is 12.2. The fourth-order valence-corrected chi connectivity index (χ4v) is 3.68. The minimum Gasteiger partial charge on any atom is -0.490 e. The van der Waals surface area contributed by atoms with E-state index >= 15 is 0 Å². The molecule has 0 bridgehead atoms. The van der Waals surface area contributed by atoms with Gasteiger partial charge in [0.05, 0.1) is 30.1 Å². The highest BCUT2D eigenvalue weighted by Gasteiger charge is 2.15. The first-order chi connectivity index (χ1) is 15.9. The van der Waals surface area contributed by atoms with Crippen molar-refractivity contribution in [3.05, 3.63) is 76.1 Å². The van der Waals surface area contributed by atoms with Crippen LogP contribution in [0.2, 0.25) is 0 Å². The molecule has 1 amide bonds. The molecule has 0 aliphatic carbocycles. The molecule has 0 fully saturated rings. The van der Waals surface area contributed by atoms with E-state index in [1.807, 2.05) is 0 Å². The highest BCUT2D eigenvalue weighted by Crippen LogP contribution is 2.29. The molecule has 0 spiro atoms. The van der Waals surface area contributed by atoms with Gasteiger partial charge in [-0.1, -0.05) is 6.07 Å². The lowest BCUT2D eigenvalue weighted by Gasteiger charge is -2.08. The van der Waals surface area contributed by atoms with Crippen LogP contribution in [-0.2, 0) is 15.3 Å². The average Bonchev–Trinajstić information content (AvgIpc) is 3.30. The van der Waals surface area contributed by atoms with Crippen LogP contribution in [0.5, 0.6) is 5.75 Å². The predicted octanol–water partition coefficient (Wildman–Crippen LogP) is 3.84. The van der Waals surface area contributed by atoms with Gasteiger partial charge in [-0.25, -0.2) is 9.48 Å². The zero-order chi connectivity index (χ0) is 23.8. The first kappa shape index (κ1) is 23.8.